The number of nitrogens with zero attached hydrogens (tertiary/aromatic N) is 1. The molecule has 23 heavy (non-hydrogen) atoms. The molecule has 4 nitrogen and oxygen atoms in total. The summed E-state index contributed by atoms with van der Waals surface area (Å²) in [5, 5.41) is 0.460. The number of hydrogen-bond acceptors (Lipinski definition) is 4. The van der Waals surface area contributed by atoms with E-state index in [9.17, 15) is 13.3 Å². The van der Waals surface area contributed by atoms with Gasteiger partial charge in [0.1, 0.15) is 4.75 Å². The average Bonchev–Trinajstić information content (AvgIpc) is 2.48. The van der Waals surface area contributed by atoms with Gasteiger partial charge in [0.2, 0.25) is 5.88 Å². The second-order valence-electron chi connectivity index (χ2n) is 6.23. The Hall–Kier alpha value is -1.44. The lowest BCUT2D eigenvalue weighted by atomic mass is 10.0. The van der Waals surface area contributed by atoms with E-state index in [-0.39, 0.29) is 17.3 Å². The van der Waals surface area contributed by atoms with Crippen molar-refractivity contribution in [2.24, 2.45) is 0 Å². The zero-order valence-corrected chi connectivity index (χ0v) is 14.6. The third-order valence-corrected chi connectivity index (χ3v) is 5.12. The lowest BCUT2D eigenvalue weighted by molar-refractivity contribution is 0.400. The van der Waals surface area contributed by atoms with E-state index in [0.717, 1.165) is 6.07 Å². The van der Waals surface area contributed by atoms with Crippen molar-refractivity contribution in [1.29, 1.82) is 0 Å². The van der Waals surface area contributed by atoms with Gasteiger partial charge >= 0.3 is 0 Å². The highest BCUT2D eigenvalue weighted by atomic mass is 32.2. The molecule has 0 spiro atoms. The fraction of sp³-hybridized carbons (Fsp3) is 0.438. The van der Waals surface area contributed by atoms with Gasteiger partial charge in [-0.2, -0.15) is 0 Å². The van der Waals surface area contributed by atoms with Gasteiger partial charge in [0.15, 0.2) is 11.6 Å². The minimum Gasteiger partial charge on any atom is -0.598 e. The van der Waals surface area contributed by atoms with Crippen LogP contribution >= 0.6 is 0 Å². The number of methoxy groups -OCH3 is 1. The van der Waals surface area contributed by atoms with Crippen LogP contribution in [0.4, 0.5) is 8.78 Å². The highest BCUT2D eigenvalue weighted by Crippen LogP contribution is 2.33. The van der Waals surface area contributed by atoms with Gasteiger partial charge in [-0.25, -0.2) is 13.8 Å². The van der Waals surface area contributed by atoms with Crippen LogP contribution in [0.5, 0.6) is 5.88 Å². The smallest absolute Gasteiger partial charge is 0.224 e. The van der Waals surface area contributed by atoms with Crippen LogP contribution in [0.15, 0.2) is 18.3 Å². The molecule has 2 atom stereocenters. The Bertz CT molecular complexity index is 719. The largest absolute Gasteiger partial charge is 0.598 e. The molecule has 0 amide bonds. The Morgan fingerprint density at radius 2 is 1.96 bits per heavy atom. The van der Waals surface area contributed by atoms with E-state index < -0.39 is 27.7 Å². The van der Waals surface area contributed by atoms with Crippen molar-refractivity contribution in [2.45, 2.75) is 38.5 Å². The number of halogens is 2. The molecule has 0 saturated heterocycles. The Kier molecular flexibility index (Phi) is 5.13. The highest BCUT2D eigenvalue weighted by Gasteiger charge is 2.29. The first-order valence-corrected chi connectivity index (χ1v) is 8.30. The van der Waals surface area contributed by atoms with Crippen molar-refractivity contribution in [3.8, 4) is 5.88 Å². The van der Waals surface area contributed by atoms with Gasteiger partial charge in [-0.1, -0.05) is 6.07 Å². The molecule has 0 radical (unpaired) electrons. The molecule has 0 saturated carbocycles. The molecule has 2 rings (SSSR count). The van der Waals surface area contributed by atoms with E-state index in [4.69, 9.17) is 4.74 Å². The summed E-state index contributed by atoms with van der Waals surface area (Å²) in [6.45, 7) is 7.35. The maximum absolute atomic E-state index is 14.2. The molecule has 1 N–H and O–H groups in total. The number of aromatic nitrogens is 1. The van der Waals surface area contributed by atoms with Gasteiger partial charge < -0.3 is 9.29 Å². The summed E-state index contributed by atoms with van der Waals surface area (Å²) in [4.78, 5) is 4.05. The molecule has 7 heteroatoms. The SMILES string of the molecule is COc1ncc(C(C)N[S@@+]([O-])C(C)(C)C)c2ccc(F)c(F)c12. The van der Waals surface area contributed by atoms with E-state index in [1.54, 1.807) is 6.92 Å². The molecular formula is C16H20F2N2O2S. The fourth-order valence-electron chi connectivity index (χ4n) is 2.16. The molecule has 0 aliphatic carbocycles. The van der Waals surface area contributed by atoms with Crippen LogP contribution in [-0.2, 0) is 11.4 Å². The topological polar surface area (TPSA) is 57.2 Å². The van der Waals surface area contributed by atoms with Crippen molar-refractivity contribution < 1.29 is 18.1 Å². The zero-order valence-electron chi connectivity index (χ0n) is 13.7. The van der Waals surface area contributed by atoms with Gasteiger partial charge in [0, 0.05) is 17.6 Å². The first-order valence-electron chi connectivity index (χ1n) is 7.15. The van der Waals surface area contributed by atoms with Crippen LogP contribution in [0, 0.1) is 11.6 Å². The molecule has 1 aromatic carbocycles. The molecular weight excluding hydrogens is 322 g/mol. The average molecular weight is 342 g/mol. The molecule has 0 fully saturated rings. The van der Waals surface area contributed by atoms with E-state index >= 15 is 0 Å². The molecule has 0 aliphatic heterocycles. The summed E-state index contributed by atoms with van der Waals surface area (Å²) >= 11 is -1.30. The summed E-state index contributed by atoms with van der Waals surface area (Å²) in [6.07, 6.45) is 1.52. The number of rotatable bonds is 4. The van der Waals surface area contributed by atoms with Crippen LogP contribution < -0.4 is 9.46 Å². The number of hydrogen-bond donors (Lipinski definition) is 1. The van der Waals surface area contributed by atoms with E-state index in [2.05, 4.69) is 9.71 Å². The minimum absolute atomic E-state index is 0.0137. The monoisotopic (exact) mass is 342 g/mol. The van der Waals surface area contributed by atoms with Gasteiger partial charge in [-0.05, 0) is 44.7 Å². The van der Waals surface area contributed by atoms with Crippen molar-refractivity contribution >= 4 is 22.1 Å². The maximum Gasteiger partial charge on any atom is 0.224 e. The molecule has 0 aliphatic rings. The zero-order chi connectivity index (χ0) is 17.4. The van der Waals surface area contributed by atoms with Crippen LogP contribution in [0.1, 0.15) is 39.3 Å². The van der Waals surface area contributed by atoms with Gasteiger partial charge in [0.05, 0.1) is 18.5 Å². The summed E-state index contributed by atoms with van der Waals surface area (Å²) in [6, 6.07) is 2.18. The Morgan fingerprint density at radius 1 is 1.30 bits per heavy atom. The van der Waals surface area contributed by atoms with Crippen molar-refractivity contribution in [1.82, 2.24) is 9.71 Å². The lowest BCUT2D eigenvalue weighted by Crippen LogP contribution is -2.40. The number of pyridine rings is 1. The second kappa shape index (κ2) is 6.59. The third kappa shape index (κ3) is 3.57. The summed E-state index contributed by atoms with van der Waals surface area (Å²) in [7, 11) is 1.35. The molecule has 1 unspecified atom stereocenters. The Morgan fingerprint density at radius 3 is 2.52 bits per heavy atom. The van der Waals surface area contributed by atoms with Gasteiger partial charge in [0.25, 0.3) is 0 Å². The van der Waals surface area contributed by atoms with E-state index in [0.29, 0.717) is 10.9 Å². The van der Waals surface area contributed by atoms with Crippen LogP contribution in [0.2, 0.25) is 0 Å². The quantitative estimate of drug-likeness (QED) is 0.862. The first kappa shape index (κ1) is 17.9. The lowest BCUT2D eigenvalue weighted by Gasteiger charge is -2.27. The highest BCUT2D eigenvalue weighted by molar-refractivity contribution is 7.90. The maximum atomic E-state index is 14.2. The Balaban J connectivity index is 2.52. The Labute approximate surface area is 137 Å². The summed E-state index contributed by atoms with van der Waals surface area (Å²) < 4.78 is 47.5. The van der Waals surface area contributed by atoms with Crippen LogP contribution in [0.25, 0.3) is 10.8 Å². The number of ether oxygens (including phenoxy) is 1. The first-order chi connectivity index (χ1) is 10.7. The minimum atomic E-state index is -1.30. The molecule has 0 bridgehead atoms. The standard InChI is InChI=1S/C16H20F2N2O2S/c1-9(20-23(21)16(2,3)4)11-8-19-15(22-5)13-10(11)6-7-12(17)14(13)18/h6-9,20H,1-5H3/t9?,23-/m0/s1. The van der Waals surface area contributed by atoms with Crippen LogP contribution in [-0.4, -0.2) is 21.4 Å². The predicted octanol–water partition coefficient (Wildman–Crippen LogP) is 3.63. The van der Waals surface area contributed by atoms with Crippen molar-refractivity contribution in [2.75, 3.05) is 7.11 Å². The molecule has 2 aromatic rings. The summed E-state index contributed by atoms with van der Waals surface area (Å²) in [5.74, 6) is -1.95. The second-order valence-corrected chi connectivity index (χ2v) is 8.23. The van der Waals surface area contributed by atoms with E-state index in [1.807, 2.05) is 20.8 Å². The van der Waals surface area contributed by atoms with Gasteiger partial charge in [-0.3, -0.25) is 0 Å². The molecule has 126 valence electrons. The molecule has 1 aromatic heterocycles. The normalized spacial score (nSPS) is 14.8. The number of nitrogens with one attached hydrogen (secondary N) is 1. The van der Waals surface area contributed by atoms with E-state index in [1.165, 1.54) is 19.4 Å². The predicted molar refractivity (Wildman–Crippen MR) is 87.7 cm³/mol. The molecule has 1 heterocycles. The fourth-order valence-corrected chi connectivity index (χ4v) is 2.96. The van der Waals surface area contributed by atoms with Crippen LogP contribution in [0.3, 0.4) is 0 Å². The van der Waals surface area contributed by atoms with Gasteiger partial charge in [-0.15, -0.1) is 4.72 Å². The summed E-state index contributed by atoms with van der Waals surface area (Å²) in [5.41, 5.74) is 0.622. The number of benzene rings is 1. The van der Waals surface area contributed by atoms with Crippen molar-refractivity contribution in [3.05, 3.63) is 35.5 Å². The third-order valence-electron chi connectivity index (χ3n) is 3.44. The van der Waals surface area contributed by atoms with Crippen molar-refractivity contribution in [3.63, 3.8) is 0 Å². The number of fused-ring (bicyclic) bond motifs is 1.